The van der Waals surface area contributed by atoms with Crippen molar-refractivity contribution in [1.29, 1.82) is 0 Å². The molecule has 5 rings (SSSR count). The maximum atomic E-state index is 13.9. The van der Waals surface area contributed by atoms with E-state index in [4.69, 9.17) is 9.47 Å². The van der Waals surface area contributed by atoms with Crippen LogP contribution in [0.4, 0.5) is 0 Å². The van der Waals surface area contributed by atoms with Crippen LogP contribution in [0.1, 0.15) is 87.7 Å². The minimum absolute atomic E-state index is 0.101. The fourth-order valence-electron chi connectivity index (χ4n) is 6.66. The van der Waals surface area contributed by atoms with E-state index >= 15 is 0 Å². The van der Waals surface area contributed by atoms with E-state index in [0.29, 0.717) is 44.3 Å². The van der Waals surface area contributed by atoms with Gasteiger partial charge in [-0.1, -0.05) is 102 Å². The fourth-order valence-corrected chi connectivity index (χ4v) is 6.66. The van der Waals surface area contributed by atoms with Gasteiger partial charge in [-0.05, 0) is 52.8 Å². The maximum absolute atomic E-state index is 13.9. The third-order valence-electron chi connectivity index (χ3n) is 10.1. The summed E-state index contributed by atoms with van der Waals surface area (Å²) in [6, 6.07) is 20.3. The highest BCUT2D eigenvalue weighted by Crippen LogP contribution is 2.25. The van der Waals surface area contributed by atoms with Crippen LogP contribution in [0.5, 0.6) is 5.75 Å². The Morgan fingerprint density at radius 1 is 0.825 bits per heavy atom. The van der Waals surface area contributed by atoms with Gasteiger partial charge in [-0.3, -0.25) is 19.3 Å². The van der Waals surface area contributed by atoms with Gasteiger partial charge in [0.05, 0.1) is 32.3 Å². The summed E-state index contributed by atoms with van der Waals surface area (Å²) in [6.45, 7) is 10.7. The Bertz CT molecular complexity index is 1870. The Hall–Kier alpha value is -5.17. The van der Waals surface area contributed by atoms with Gasteiger partial charge in [0, 0.05) is 48.6 Å². The van der Waals surface area contributed by atoms with E-state index in [1.54, 1.807) is 29.4 Å². The molecule has 2 amide bonds. The molecule has 0 spiro atoms. The zero-order valence-electron chi connectivity index (χ0n) is 33.6. The monoisotopic (exact) mass is 779 g/mol. The van der Waals surface area contributed by atoms with Crippen molar-refractivity contribution in [2.75, 3.05) is 32.9 Å². The Kier molecular flexibility index (Phi) is 15.7. The number of hydrogen-bond donors (Lipinski definition) is 4. The number of aliphatic hydroxyl groups is 1. The smallest absolute Gasteiger partial charge is 0.305 e. The number of aliphatic hydroxyl groups excluding tert-OH is 1. The van der Waals surface area contributed by atoms with Crippen molar-refractivity contribution in [3.63, 3.8) is 0 Å². The quantitative estimate of drug-likeness (QED) is 0.0783. The number of aliphatic carboxylic acids is 1. The zero-order chi connectivity index (χ0) is 40.8. The average Bonchev–Trinajstić information content (AvgIpc) is 3.21. The minimum Gasteiger partial charge on any atom is -0.494 e. The van der Waals surface area contributed by atoms with E-state index in [-0.39, 0.29) is 11.8 Å². The molecule has 12 nitrogen and oxygen atoms in total. The predicted octanol–water partition coefficient (Wildman–Crippen LogP) is 6.41. The topological polar surface area (TPSA) is 163 Å². The van der Waals surface area contributed by atoms with Gasteiger partial charge in [0.15, 0.2) is 5.82 Å². The van der Waals surface area contributed by atoms with Crippen molar-refractivity contribution in [2.24, 2.45) is 0 Å². The van der Waals surface area contributed by atoms with E-state index < -0.39 is 42.5 Å². The van der Waals surface area contributed by atoms with Crippen molar-refractivity contribution >= 4 is 17.8 Å². The first-order valence-electron chi connectivity index (χ1n) is 20.0. The standard InChI is InChI=1S/C45H57N5O7/c1-5-6-7-8-9-24-57-37-20-16-32(17-21-37)35-29-46-41(47-30-35)33-12-10-31(11-13-33)27-38(48-42(53)34-14-18-36(19-15-34)45(2,3)4)43(54)49-39(28-40(51)52)44(55)50-22-25-56-26-23-50/h10-21,29-30,38-39,44,55H,5-9,22-28H2,1-4H3,(H,48,53)(H,49,54)(H,51,52)/t38-,39-,44?/m0/s1. The van der Waals surface area contributed by atoms with Crippen LogP contribution >= 0.6 is 0 Å². The summed E-state index contributed by atoms with van der Waals surface area (Å²) >= 11 is 0. The van der Waals surface area contributed by atoms with Crippen LogP contribution in [0.25, 0.3) is 22.5 Å². The summed E-state index contributed by atoms with van der Waals surface area (Å²) in [6.07, 6.45) is 7.85. The lowest BCUT2D eigenvalue weighted by atomic mass is 9.86. The molecule has 2 heterocycles. The Balaban J connectivity index is 1.27. The summed E-state index contributed by atoms with van der Waals surface area (Å²) in [5.41, 5.74) is 4.70. The molecule has 12 heteroatoms. The molecule has 1 aliphatic heterocycles. The lowest BCUT2D eigenvalue weighted by molar-refractivity contribution is -0.141. The molecule has 1 unspecified atom stereocenters. The van der Waals surface area contributed by atoms with Crippen LogP contribution in [-0.2, 0) is 26.2 Å². The van der Waals surface area contributed by atoms with Crippen LogP contribution in [0.3, 0.4) is 0 Å². The van der Waals surface area contributed by atoms with Crippen LogP contribution in [0.2, 0.25) is 0 Å². The Labute approximate surface area is 336 Å². The number of unbranched alkanes of at least 4 members (excludes halogenated alkanes) is 4. The van der Waals surface area contributed by atoms with E-state index in [2.05, 4.69) is 48.3 Å². The van der Waals surface area contributed by atoms with Gasteiger partial charge in [0.1, 0.15) is 18.0 Å². The normalized spacial score (nSPS) is 15.0. The number of nitrogens with zero attached hydrogens (tertiary/aromatic N) is 3. The second-order valence-electron chi connectivity index (χ2n) is 15.6. The van der Waals surface area contributed by atoms with E-state index in [0.717, 1.165) is 40.0 Å². The van der Waals surface area contributed by atoms with Gasteiger partial charge >= 0.3 is 5.97 Å². The Morgan fingerprint density at radius 3 is 2.07 bits per heavy atom. The number of amides is 2. The molecule has 0 bridgehead atoms. The molecular formula is C45H57N5O7. The fraction of sp³-hybridized carbons (Fsp3) is 0.444. The highest BCUT2D eigenvalue weighted by Gasteiger charge is 2.33. The molecule has 3 aromatic carbocycles. The average molecular weight is 780 g/mol. The molecule has 304 valence electrons. The lowest BCUT2D eigenvalue weighted by Gasteiger charge is -2.36. The lowest BCUT2D eigenvalue weighted by Crippen LogP contribution is -2.58. The number of nitrogens with one attached hydrogen (secondary N) is 2. The third-order valence-corrected chi connectivity index (χ3v) is 10.1. The van der Waals surface area contributed by atoms with Gasteiger partial charge in [-0.15, -0.1) is 0 Å². The number of benzene rings is 3. The molecule has 4 N–H and O–H groups in total. The molecule has 0 aliphatic carbocycles. The van der Waals surface area contributed by atoms with E-state index in [9.17, 15) is 24.6 Å². The van der Waals surface area contributed by atoms with Crippen molar-refractivity contribution in [1.82, 2.24) is 25.5 Å². The number of carbonyl (C=O) groups excluding carboxylic acids is 2. The van der Waals surface area contributed by atoms with Crippen LogP contribution in [0.15, 0.2) is 85.2 Å². The SMILES string of the molecule is CCCCCCCOc1ccc(-c2cnc(-c3ccc(C[C@H](NC(=O)c4ccc(C(C)(C)C)cc4)C(=O)N[C@@H](CC(=O)O)C(O)N4CCOCC4)cc3)nc2)cc1. The molecule has 1 aromatic heterocycles. The first kappa shape index (κ1) is 43.0. The summed E-state index contributed by atoms with van der Waals surface area (Å²) in [5, 5.41) is 26.4. The summed E-state index contributed by atoms with van der Waals surface area (Å²) in [7, 11) is 0. The summed E-state index contributed by atoms with van der Waals surface area (Å²) in [5.74, 6) is -0.874. The number of carbonyl (C=O) groups is 3. The third kappa shape index (κ3) is 12.9. The number of hydrogen-bond acceptors (Lipinski definition) is 9. The highest BCUT2D eigenvalue weighted by molar-refractivity contribution is 5.97. The van der Waals surface area contributed by atoms with Crippen LogP contribution in [0, 0.1) is 0 Å². The second-order valence-corrected chi connectivity index (χ2v) is 15.6. The van der Waals surface area contributed by atoms with Crippen molar-refractivity contribution in [3.05, 3.63) is 102 Å². The minimum atomic E-state index is -1.26. The number of rotatable bonds is 19. The number of aromatic nitrogens is 2. The molecule has 4 aromatic rings. The molecule has 0 saturated carbocycles. The van der Waals surface area contributed by atoms with Crippen molar-refractivity contribution < 1.29 is 34.1 Å². The van der Waals surface area contributed by atoms with E-state index in [1.807, 2.05) is 60.7 Å². The highest BCUT2D eigenvalue weighted by atomic mass is 16.5. The number of morpholine rings is 1. The summed E-state index contributed by atoms with van der Waals surface area (Å²) < 4.78 is 11.3. The predicted molar refractivity (Wildman–Crippen MR) is 220 cm³/mol. The van der Waals surface area contributed by atoms with Crippen LogP contribution < -0.4 is 15.4 Å². The van der Waals surface area contributed by atoms with E-state index in [1.165, 1.54) is 25.7 Å². The summed E-state index contributed by atoms with van der Waals surface area (Å²) in [4.78, 5) is 50.2. The van der Waals surface area contributed by atoms with Gasteiger partial charge in [-0.25, -0.2) is 9.97 Å². The van der Waals surface area contributed by atoms with Gasteiger partial charge < -0.3 is 30.3 Å². The second kappa shape index (κ2) is 20.8. The van der Waals surface area contributed by atoms with Crippen LogP contribution in [-0.4, -0.2) is 94.1 Å². The molecule has 1 fully saturated rings. The molecule has 57 heavy (non-hydrogen) atoms. The molecule has 1 aliphatic rings. The number of ether oxygens (including phenoxy) is 2. The zero-order valence-corrected chi connectivity index (χ0v) is 33.6. The van der Waals surface area contributed by atoms with Crippen molar-refractivity contribution in [2.45, 2.75) is 96.4 Å². The number of carboxylic acids is 1. The van der Waals surface area contributed by atoms with Gasteiger partial charge in [-0.2, -0.15) is 0 Å². The molecule has 0 radical (unpaired) electrons. The maximum Gasteiger partial charge on any atom is 0.305 e. The van der Waals surface area contributed by atoms with Gasteiger partial charge in [0.25, 0.3) is 5.91 Å². The van der Waals surface area contributed by atoms with Crippen molar-refractivity contribution in [3.8, 4) is 28.3 Å². The first-order chi connectivity index (χ1) is 27.4. The first-order valence-corrected chi connectivity index (χ1v) is 20.0. The number of carboxylic acid groups (broad SMARTS) is 1. The molecular weight excluding hydrogens is 723 g/mol. The molecule has 1 saturated heterocycles. The Morgan fingerprint density at radius 2 is 1.46 bits per heavy atom. The molecule has 3 atom stereocenters. The van der Waals surface area contributed by atoms with Gasteiger partial charge in [0.2, 0.25) is 5.91 Å². The largest absolute Gasteiger partial charge is 0.494 e.